The summed E-state index contributed by atoms with van der Waals surface area (Å²) in [4.78, 5) is 0. The predicted octanol–water partition coefficient (Wildman–Crippen LogP) is 2.12. The number of para-hydroxylation sites is 1. The second-order valence-corrected chi connectivity index (χ2v) is 4.31. The van der Waals surface area contributed by atoms with Crippen LogP contribution in [-0.4, -0.2) is 20.3 Å². The minimum Gasteiger partial charge on any atom is -0.496 e. The fraction of sp³-hybridized carbons (Fsp3) is 0.538. The van der Waals surface area contributed by atoms with Crippen LogP contribution < -0.4 is 10.5 Å². The van der Waals surface area contributed by atoms with Crippen LogP contribution >= 0.6 is 0 Å². The molecule has 1 fully saturated rings. The molecule has 2 N–H and O–H groups in total. The molecule has 1 heterocycles. The van der Waals surface area contributed by atoms with Crippen LogP contribution in [0.15, 0.2) is 24.3 Å². The Bertz CT molecular complexity index is 334. The summed E-state index contributed by atoms with van der Waals surface area (Å²) in [7, 11) is 1.68. The highest BCUT2D eigenvalue weighted by atomic mass is 16.5. The Morgan fingerprint density at radius 2 is 2.31 bits per heavy atom. The van der Waals surface area contributed by atoms with Gasteiger partial charge in [0.2, 0.25) is 0 Å². The molecule has 2 rings (SSSR count). The third-order valence-electron chi connectivity index (χ3n) is 3.15. The monoisotopic (exact) mass is 221 g/mol. The van der Waals surface area contributed by atoms with Gasteiger partial charge in [-0.3, -0.25) is 0 Å². The summed E-state index contributed by atoms with van der Waals surface area (Å²) in [6.45, 7) is 1.73. The fourth-order valence-corrected chi connectivity index (χ4v) is 2.23. The van der Waals surface area contributed by atoms with Crippen molar-refractivity contribution in [2.75, 3.05) is 20.3 Å². The van der Waals surface area contributed by atoms with Crippen LogP contribution in [0.25, 0.3) is 0 Å². The Kier molecular flexibility index (Phi) is 3.80. The van der Waals surface area contributed by atoms with Crippen molar-refractivity contribution in [3.05, 3.63) is 29.8 Å². The topological polar surface area (TPSA) is 44.5 Å². The number of benzene rings is 1. The summed E-state index contributed by atoms with van der Waals surface area (Å²) >= 11 is 0. The lowest BCUT2D eigenvalue weighted by molar-refractivity contribution is 0.182. The highest BCUT2D eigenvalue weighted by Crippen LogP contribution is 2.29. The van der Waals surface area contributed by atoms with Crippen LogP contribution in [0.2, 0.25) is 0 Å². The van der Waals surface area contributed by atoms with Crippen LogP contribution in [0.3, 0.4) is 0 Å². The molecule has 0 aliphatic carbocycles. The molecule has 3 heteroatoms. The summed E-state index contributed by atoms with van der Waals surface area (Å²) in [5, 5.41) is 0. The van der Waals surface area contributed by atoms with Crippen molar-refractivity contribution in [3.63, 3.8) is 0 Å². The number of nitrogens with two attached hydrogens (primary N) is 1. The SMILES string of the molecule is COc1ccccc1C(N)CC1CCOC1. The summed E-state index contributed by atoms with van der Waals surface area (Å²) in [6, 6.07) is 8.01. The smallest absolute Gasteiger partial charge is 0.123 e. The number of hydrogen-bond donors (Lipinski definition) is 1. The zero-order valence-electron chi connectivity index (χ0n) is 9.69. The van der Waals surface area contributed by atoms with Gasteiger partial charge in [0.1, 0.15) is 5.75 Å². The first-order chi connectivity index (χ1) is 7.81. The molecule has 0 saturated carbocycles. The van der Waals surface area contributed by atoms with E-state index in [2.05, 4.69) is 0 Å². The van der Waals surface area contributed by atoms with Crippen LogP contribution in [0.4, 0.5) is 0 Å². The molecule has 1 aromatic rings. The van der Waals surface area contributed by atoms with Crippen molar-refractivity contribution >= 4 is 0 Å². The maximum absolute atomic E-state index is 6.22. The molecule has 1 saturated heterocycles. The van der Waals surface area contributed by atoms with Gasteiger partial charge in [0.05, 0.1) is 7.11 Å². The van der Waals surface area contributed by atoms with E-state index in [1.54, 1.807) is 7.11 Å². The molecule has 0 spiro atoms. The first-order valence-corrected chi connectivity index (χ1v) is 5.77. The minimum absolute atomic E-state index is 0.0443. The van der Waals surface area contributed by atoms with Gasteiger partial charge in [-0.1, -0.05) is 18.2 Å². The van der Waals surface area contributed by atoms with Gasteiger partial charge in [-0.05, 0) is 24.8 Å². The average Bonchev–Trinajstić information content (AvgIpc) is 2.81. The van der Waals surface area contributed by atoms with Crippen LogP contribution in [-0.2, 0) is 4.74 Å². The van der Waals surface area contributed by atoms with E-state index in [0.29, 0.717) is 5.92 Å². The van der Waals surface area contributed by atoms with Gasteiger partial charge in [-0.15, -0.1) is 0 Å². The van der Waals surface area contributed by atoms with Crippen molar-refractivity contribution in [2.24, 2.45) is 11.7 Å². The minimum atomic E-state index is 0.0443. The van der Waals surface area contributed by atoms with Crippen LogP contribution in [0, 0.1) is 5.92 Å². The molecule has 3 nitrogen and oxygen atoms in total. The van der Waals surface area contributed by atoms with Crippen molar-refractivity contribution in [1.82, 2.24) is 0 Å². The van der Waals surface area contributed by atoms with Gasteiger partial charge in [-0.2, -0.15) is 0 Å². The van der Waals surface area contributed by atoms with Crippen LogP contribution in [0.1, 0.15) is 24.4 Å². The van der Waals surface area contributed by atoms with Gasteiger partial charge in [0, 0.05) is 24.8 Å². The van der Waals surface area contributed by atoms with E-state index in [1.807, 2.05) is 24.3 Å². The maximum Gasteiger partial charge on any atom is 0.123 e. The molecule has 88 valence electrons. The normalized spacial score (nSPS) is 22.0. The van der Waals surface area contributed by atoms with E-state index < -0.39 is 0 Å². The molecule has 1 aliphatic rings. The van der Waals surface area contributed by atoms with Gasteiger partial charge >= 0.3 is 0 Å². The lowest BCUT2D eigenvalue weighted by Crippen LogP contribution is -2.16. The van der Waals surface area contributed by atoms with Gasteiger partial charge < -0.3 is 15.2 Å². The maximum atomic E-state index is 6.22. The second-order valence-electron chi connectivity index (χ2n) is 4.31. The lowest BCUT2D eigenvalue weighted by atomic mass is 9.94. The molecule has 0 radical (unpaired) electrons. The summed E-state index contributed by atoms with van der Waals surface area (Å²) in [6.07, 6.45) is 2.10. The van der Waals surface area contributed by atoms with E-state index >= 15 is 0 Å². The predicted molar refractivity (Wildman–Crippen MR) is 63.5 cm³/mol. The zero-order valence-corrected chi connectivity index (χ0v) is 9.69. The van der Waals surface area contributed by atoms with Crippen molar-refractivity contribution in [2.45, 2.75) is 18.9 Å². The molecule has 0 aromatic heterocycles. The first-order valence-electron chi connectivity index (χ1n) is 5.77. The lowest BCUT2D eigenvalue weighted by Gasteiger charge is -2.18. The number of methoxy groups -OCH3 is 1. The molecule has 0 amide bonds. The summed E-state index contributed by atoms with van der Waals surface area (Å²) in [5.74, 6) is 1.48. The number of rotatable bonds is 4. The van der Waals surface area contributed by atoms with E-state index in [9.17, 15) is 0 Å². The molecule has 1 aromatic carbocycles. The molecule has 0 bridgehead atoms. The average molecular weight is 221 g/mol. The standard InChI is InChI=1S/C13H19NO2/c1-15-13-5-3-2-4-11(13)12(14)8-10-6-7-16-9-10/h2-5,10,12H,6-9,14H2,1H3. The molecule has 16 heavy (non-hydrogen) atoms. The quantitative estimate of drug-likeness (QED) is 0.847. The van der Waals surface area contributed by atoms with E-state index in [1.165, 1.54) is 0 Å². The van der Waals surface area contributed by atoms with E-state index in [-0.39, 0.29) is 6.04 Å². The molecule has 2 atom stereocenters. The van der Waals surface area contributed by atoms with Crippen LogP contribution in [0.5, 0.6) is 5.75 Å². The van der Waals surface area contributed by atoms with Gasteiger partial charge in [0.25, 0.3) is 0 Å². The Morgan fingerprint density at radius 1 is 1.50 bits per heavy atom. The molecule has 1 aliphatic heterocycles. The van der Waals surface area contributed by atoms with Gasteiger partial charge in [-0.25, -0.2) is 0 Å². The number of hydrogen-bond acceptors (Lipinski definition) is 3. The molecular weight excluding hydrogens is 202 g/mol. The highest BCUT2D eigenvalue weighted by Gasteiger charge is 2.21. The van der Waals surface area contributed by atoms with Gasteiger partial charge in [0.15, 0.2) is 0 Å². The Hall–Kier alpha value is -1.06. The van der Waals surface area contributed by atoms with Crippen molar-refractivity contribution in [1.29, 1.82) is 0 Å². The zero-order chi connectivity index (χ0) is 11.4. The summed E-state index contributed by atoms with van der Waals surface area (Å²) < 4.78 is 10.7. The Labute approximate surface area is 96.5 Å². The Balaban J connectivity index is 2.04. The Morgan fingerprint density at radius 3 is 3.00 bits per heavy atom. The molecule has 2 unspecified atom stereocenters. The van der Waals surface area contributed by atoms with Crippen molar-refractivity contribution < 1.29 is 9.47 Å². The number of ether oxygens (including phenoxy) is 2. The molecular formula is C13H19NO2. The van der Waals surface area contributed by atoms with Crippen molar-refractivity contribution in [3.8, 4) is 5.75 Å². The second kappa shape index (κ2) is 5.32. The fourth-order valence-electron chi connectivity index (χ4n) is 2.23. The first kappa shape index (κ1) is 11.4. The third-order valence-corrected chi connectivity index (χ3v) is 3.15. The van der Waals surface area contributed by atoms with E-state index in [0.717, 1.165) is 37.4 Å². The largest absolute Gasteiger partial charge is 0.496 e. The highest BCUT2D eigenvalue weighted by molar-refractivity contribution is 5.35. The summed E-state index contributed by atoms with van der Waals surface area (Å²) in [5.41, 5.74) is 7.31. The third kappa shape index (κ3) is 2.54. The van der Waals surface area contributed by atoms with E-state index in [4.69, 9.17) is 15.2 Å².